The minimum Gasteiger partial charge on any atom is -0.384 e. The molecule has 1 unspecified atom stereocenters. The van der Waals surface area contributed by atoms with Gasteiger partial charge in [-0.05, 0) is 54.9 Å². The van der Waals surface area contributed by atoms with Crippen LogP contribution in [0.4, 0.5) is 0 Å². The quantitative estimate of drug-likeness (QED) is 0.808. The number of nitrogens with zero attached hydrogens (tertiary/aromatic N) is 1. The third-order valence-electron chi connectivity index (χ3n) is 4.17. The van der Waals surface area contributed by atoms with Crippen LogP contribution in [0.2, 0.25) is 0 Å². The summed E-state index contributed by atoms with van der Waals surface area (Å²) >= 11 is 0. The van der Waals surface area contributed by atoms with Crippen LogP contribution in [-0.2, 0) is 0 Å². The van der Waals surface area contributed by atoms with Crippen molar-refractivity contribution in [2.45, 2.75) is 46.1 Å². The first-order valence-corrected chi connectivity index (χ1v) is 6.84. The molecule has 1 aliphatic carbocycles. The van der Waals surface area contributed by atoms with Gasteiger partial charge < -0.3 is 5.11 Å². The van der Waals surface area contributed by atoms with Crippen LogP contribution in [0.5, 0.6) is 0 Å². The molecule has 1 N–H and O–H groups in total. The second-order valence-corrected chi connectivity index (χ2v) is 6.07. The van der Waals surface area contributed by atoms with E-state index in [1.807, 2.05) is 12.1 Å². The summed E-state index contributed by atoms with van der Waals surface area (Å²) in [5, 5.41) is 19.5. The number of hydrogen-bond acceptors (Lipinski definition) is 2. The maximum Gasteiger partial charge on any atom is 0.101 e. The maximum atomic E-state index is 10.7. The van der Waals surface area contributed by atoms with Crippen LogP contribution in [-0.4, -0.2) is 5.11 Å². The zero-order valence-electron chi connectivity index (χ0n) is 11.9. The highest BCUT2D eigenvalue weighted by molar-refractivity contribution is 5.37. The summed E-state index contributed by atoms with van der Waals surface area (Å²) in [6, 6.07) is 9.35. The monoisotopic (exact) mass is 255 g/mol. The Kier molecular flexibility index (Phi) is 3.78. The molecule has 2 rings (SSSR count). The molecule has 1 aromatic rings. The van der Waals surface area contributed by atoms with Crippen molar-refractivity contribution < 1.29 is 5.11 Å². The fourth-order valence-electron chi connectivity index (χ4n) is 3.15. The van der Waals surface area contributed by atoms with Gasteiger partial charge in [0.05, 0.1) is 11.6 Å². The molecule has 0 saturated carbocycles. The first-order valence-electron chi connectivity index (χ1n) is 6.84. The first kappa shape index (κ1) is 13.8. The predicted molar refractivity (Wildman–Crippen MR) is 76.4 cm³/mol. The van der Waals surface area contributed by atoms with E-state index < -0.39 is 6.10 Å². The Morgan fingerprint density at radius 1 is 1.26 bits per heavy atom. The molecule has 0 heterocycles. The lowest BCUT2D eigenvalue weighted by Gasteiger charge is -2.37. The summed E-state index contributed by atoms with van der Waals surface area (Å²) in [6.07, 6.45) is 2.84. The predicted octanol–water partition coefficient (Wildman–Crippen LogP) is 4.12. The first-order chi connectivity index (χ1) is 8.95. The Labute approximate surface area is 115 Å². The van der Waals surface area contributed by atoms with E-state index in [2.05, 4.69) is 26.8 Å². The molecule has 0 aliphatic heterocycles. The van der Waals surface area contributed by atoms with Crippen LogP contribution in [0.3, 0.4) is 0 Å². The van der Waals surface area contributed by atoms with Crippen molar-refractivity contribution in [2.24, 2.45) is 5.41 Å². The van der Waals surface area contributed by atoms with Crippen molar-refractivity contribution in [3.63, 3.8) is 0 Å². The summed E-state index contributed by atoms with van der Waals surface area (Å²) < 4.78 is 0. The van der Waals surface area contributed by atoms with Gasteiger partial charge in [0, 0.05) is 0 Å². The molecule has 0 radical (unpaired) electrons. The molecule has 1 atom stereocenters. The lowest BCUT2D eigenvalue weighted by atomic mass is 9.69. The van der Waals surface area contributed by atoms with Crippen molar-refractivity contribution in [1.82, 2.24) is 0 Å². The van der Waals surface area contributed by atoms with Gasteiger partial charge in [-0.2, -0.15) is 5.26 Å². The largest absolute Gasteiger partial charge is 0.384 e. The summed E-state index contributed by atoms with van der Waals surface area (Å²) in [4.78, 5) is 0. The average Bonchev–Trinajstić information content (AvgIpc) is 2.37. The molecule has 100 valence electrons. The van der Waals surface area contributed by atoms with Gasteiger partial charge in [-0.15, -0.1) is 0 Å². The van der Waals surface area contributed by atoms with Crippen LogP contribution < -0.4 is 0 Å². The van der Waals surface area contributed by atoms with Crippen LogP contribution in [0.25, 0.3) is 0 Å². The van der Waals surface area contributed by atoms with Gasteiger partial charge in [-0.3, -0.25) is 0 Å². The van der Waals surface area contributed by atoms with E-state index in [-0.39, 0.29) is 5.41 Å². The van der Waals surface area contributed by atoms with Gasteiger partial charge in [0.2, 0.25) is 0 Å². The average molecular weight is 255 g/mol. The zero-order chi connectivity index (χ0) is 14.0. The molecule has 0 amide bonds. The van der Waals surface area contributed by atoms with Crippen molar-refractivity contribution in [3.8, 4) is 6.07 Å². The SMILES string of the molecule is CC1=C(C(O)c2ccc(C#N)cc2)C(C)(C)CCC1. The van der Waals surface area contributed by atoms with Crippen LogP contribution in [0, 0.1) is 16.7 Å². The zero-order valence-corrected chi connectivity index (χ0v) is 11.9. The Morgan fingerprint density at radius 2 is 1.89 bits per heavy atom. The maximum absolute atomic E-state index is 10.7. The Bertz CT molecular complexity index is 531. The van der Waals surface area contributed by atoms with Crippen molar-refractivity contribution in [3.05, 3.63) is 46.5 Å². The highest BCUT2D eigenvalue weighted by Gasteiger charge is 2.33. The molecule has 1 aromatic carbocycles. The highest BCUT2D eigenvalue weighted by Crippen LogP contribution is 2.45. The van der Waals surface area contributed by atoms with E-state index in [0.717, 1.165) is 24.0 Å². The standard InChI is InChI=1S/C17H21NO/c1-12-5-4-10-17(2,3)15(12)16(19)14-8-6-13(11-18)7-9-14/h6-9,16,19H,4-5,10H2,1-3H3. The molecule has 2 heteroatoms. The van der Waals surface area contributed by atoms with E-state index in [0.29, 0.717) is 5.56 Å². The Balaban J connectivity index is 2.37. The van der Waals surface area contributed by atoms with Crippen molar-refractivity contribution in [2.75, 3.05) is 0 Å². The number of benzene rings is 1. The number of allylic oxidation sites excluding steroid dienone is 1. The summed E-state index contributed by atoms with van der Waals surface area (Å²) in [6.45, 7) is 6.54. The van der Waals surface area contributed by atoms with Crippen LogP contribution in [0.15, 0.2) is 35.4 Å². The van der Waals surface area contributed by atoms with E-state index >= 15 is 0 Å². The number of aliphatic hydroxyl groups is 1. The van der Waals surface area contributed by atoms with Gasteiger partial charge in [0.1, 0.15) is 6.10 Å². The van der Waals surface area contributed by atoms with Gasteiger partial charge >= 0.3 is 0 Å². The van der Waals surface area contributed by atoms with Crippen LogP contribution >= 0.6 is 0 Å². The van der Waals surface area contributed by atoms with E-state index in [4.69, 9.17) is 5.26 Å². The Hall–Kier alpha value is -1.59. The van der Waals surface area contributed by atoms with Gasteiger partial charge in [0.15, 0.2) is 0 Å². The second kappa shape index (κ2) is 5.19. The molecule has 2 nitrogen and oxygen atoms in total. The molecule has 0 spiro atoms. The third kappa shape index (κ3) is 2.72. The van der Waals surface area contributed by atoms with Gasteiger partial charge in [0.25, 0.3) is 0 Å². The number of hydrogen-bond donors (Lipinski definition) is 1. The molecule has 0 bridgehead atoms. The number of aliphatic hydroxyl groups excluding tert-OH is 1. The lowest BCUT2D eigenvalue weighted by Crippen LogP contribution is -2.25. The van der Waals surface area contributed by atoms with Crippen molar-refractivity contribution in [1.29, 1.82) is 5.26 Å². The summed E-state index contributed by atoms with van der Waals surface area (Å²) in [5.74, 6) is 0. The molecular weight excluding hydrogens is 234 g/mol. The topological polar surface area (TPSA) is 44.0 Å². The number of nitriles is 1. The molecule has 19 heavy (non-hydrogen) atoms. The molecule has 0 saturated heterocycles. The lowest BCUT2D eigenvalue weighted by molar-refractivity contribution is 0.171. The molecular formula is C17H21NO. The van der Waals surface area contributed by atoms with E-state index in [9.17, 15) is 5.11 Å². The van der Waals surface area contributed by atoms with Gasteiger partial charge in [-0.1, -0.05) is 31.6 Å². The number of rotatable bonds is 2. The van der Waals surface area contributed by atoms with Gasteiger partial charge in [-0.25, -0.2) is 0 Å². The molecule has 1 aliphatic rings. The Morgan fingerprint density at radius 3 is 2.42 bits per heavy atom. The van der Waals surface area contributed by atoms with Crippen LogP contribution in [0.1, 0.15) is 57.3 Å². The van der Waals surface area contributed by atoms with E-state index in [1.165, 1.54) is 12.0 Å². The smallest absolute Gasteiger partial charge is 0.101 e. The van der Waals surface area contributed by atoms with Crippen molar-refractivity contribution >= 4 is 0 Å². The molecule has 0 aromatic heterocycles. The fraction of sp³-hybridized carbons (Fsp3) is 0.471. The minimum atomic E-state index is -0.553. The van der Waals surface area contributed by atoms with E-state index in [1.54, 1.807) is 12.1 Å². The minimum absolute atomic E-state index is 0.0512. The molecule has 0 fully saturated rings. The highest BCUT2D eigenvalue weighted by atomic mass is 16.3. The summed E-state index contributed by atoms with van der Waals surface area (Å²) in [5.41, 5.74) is 4.03. The second-order valence-electron chi connectivity index (χ2n) is 6.07. The normalized spacial score (nSPS) is 19.9. The fourth-order valence-corrected chi connectivity index (χ4v) is 3.15. The third-order valence-corrected chi connectivity index (χ3v) is 4.17. The summed E-state index contributed by atoms with van der Waals surface area (Å²) in [7, 11) is 0.